The molecule has 0 spiro atoms. The maximum atomic E-state index is 13.0. The minimum absolute atomic E-state index is 0.0914. The van der Waals surface area contributed by atoms with Crippen LogP contribution < -0.4 is 5.32 Å². The highest BCUT2D eigenvalue weighted by Crippen LogP contribution is 2.44. The summed E-state index contributed by atoms with van der Waals surface area (Å²) in [5.41, 5.74) is 4.45. The lowest BCUT2D eigenvalue weighted by molar-refractivity contribution is -0.149. The molecule has 2 amide bonds. The molecule has 33 heavy (non-hydrogen) atoms. The van der Waals surface area contributed by atoms with E-state index in [1.165, 1.54) is 12.0 Å². The largest absolute Gasteiger partial charge is 0.480 e. The first-order valence-electron chi connectivity index (χ1n) is 11.1. The number of nitrogens with one attached hydrogen (secondary N) is 1. The van der Waals surface area contributed by atoms with Gasteiger partial charge in [-0.2, -0.15) is 0 Å². The van der Waals surface area contributed by atoms with Gasteiger partial charge in [-0.1, -0.05) is 48.5 Å². The molecule has 8 nitrogen and oxygen atoms in total. The Hall–Kier alpha value is -3.39. The van der Waals surface area contributed by atoms with Gasteiger partial charge in [0.15, 0.2) is 0 Å². The Bertz CT molecular complexity index is 994. The number of hydrogen-bond donors (Lipinski definition) is 2. The van der Waals surface area contributed by atoms with Gasteiger partial charge in [0.25, 0.3) is 0 Å². The molecule has 0 saturated carbocycles. The Kier molecular flexibility index (Phi) is 6.93. The maximum absolute atomic E-state index is 13.0. The Morgan fingerprint density at radius 1 is 1.09 bits per heavy atom. The first-order valence-corrected chi connectivity index (χ1v) is 11.1. The van der Waals surface area contributed by atoms with Crippen LogP contribution in [0.25, 0.3) is 11.1 Å². The second kappa shape index (κ2) is 10.0. The lowest BCUT2D eigenvalue weighted by Gasteiger charge is -2.27. The number of amides is 2. The standard InChI is InChI=1S/C25H28N2O6/c1-32-14-12-21(23(28)27-13-6-11-22(27)24(29)30)26-25(31)33-15-20-18-9-4-2-7-16(18)17-8-3-5-10-19(17)20/h2-5,7-10,20-22H,6,11-15H2,1H3,(H,26,31)(H,29,30). The summed E-state index contributed by atoms with van der Waals surface area (Å²) in [6.07, 6.45) is 0.535. The van der Waals surface area contributed by atoms with E-state index >= 15 is 0 Å². The number of rotatable bonds is 8. The third-order valence-electron chi connectivity index (χ3n) is 6.37. The number of benzene rings is 2. The SMILES string of the molecule is COCCC(NC(=O)OCC1c2ccccc2-c2ccccc21)C(=O)N1CCCC1C(=O)O. The van der Waals surface area contributed by atoms with E-state index < -0.39 is 30.1 Å². The van der Waals surface area contributed by atoms with Crippen molar-refractivity contribution in [1.82, 2.24) is 10.2 Å². The lowest BCUT2D eigenvalue weighted by atomic mass is 9.98. The number of likely N-dealkylation sites (tertiary alicyclic amines) is 1. The molecule has 8 heteroatoms. The van der Waals surface area contributed by atoms with Crippen molar-refractivity contribution >= 4 is 18.0 Å². The molecule has 2 aliphatic rings. The van der Waals surface area contributed by atoms with Gasteiger partial charge in [0.1, 0.15) is 18.7 Å². The van der Waals surface area contributed by atoms with Crippen LogP contribution in [0, 0.1) is 0 Å². The van der Waals surface area contributed by atoms with E-state index in [-0.39, 0.29) is 25.6 Å². The molecule has 0 aromatic heterocycles. The zero-order valence-corrected chi connectivity index (χ0v) is 18.5. The number of carbonyl (C=O) groups excluding carboxylic acids is 2. The Balaban J connectivity index is 1.43. The summed E-state index contributed by atoms with van der Waals surface area (Å²) in [6, 6.07) is 14.3. The molecule has 1 saturated heterocycles. The summed E-state index contributed by atoms with van der Waals surface area (Å²) in [5.74, 6) is -1.55. The summed E-state index contributed by atoms with van der Waals surface area (Å²) in [6.45, 7) is 0.726. The van der Waals surface area contributed by atoms with Crippen LogP contribution in [0.5, 0.6) is 0 Å². The summed E-state index contributed by atoms with van der Waals surface area (Å²) < 4.78 is 10.6. The first-order chi connectivity index (χ1) is 16.0. The molecule has 0 radical (unpaired) electrons. The Labute approximate surface area is 192 Å². The number of aliphatic carboxylic acids is 1. The third kappa shape index (κ3) is 4.71. The zero-order chi connectivity index (χ0) is 23.4. The predicted molar refractivity (Wildman–Crippen MR) is 121 cm³/mol. The van der Waals surface area contributed by atoms with Crippen LogP contribution >= 0.6 is 0 Å². The number of fused-ring (bicyclic) bond motifs is 3. The number of ether oxygens (including phenoxy) is 2. The average molecular weight is 453 g/mol. The highest BCUT2D eigenvalue weighted by Gasteiger charge is 2.38. The fourth-order valence-electron chi connectivity index (χ4n) is 4.76. The van der Waals surface area contributed by atoms with Gasteiger partial charge < -0.3 is 24.8 Å². The molecule has 2 atom stereocenters. The van der Waals surface area contributed by atoms with Crippen molar-refractivity contribution in [3.8, 4) is 11.1 Å². The van der Waals surface area contributed by atoms with Gasteiger partial charge in [0, 0.05) is 32.6 Å². The van der Waals surface area contributed by atoms with E-state index in [0.29, 0.717) is 19.4 Å². The third-order valence-corrected chi connectivity index (χ3v) is 6.37. The Morgan fingerprint density at radius 2 is 1.73 bits per heavy atom. The van der Waals surface area contributed by atoms with Crippen molar-refractivity contribution in [2.75, 3.05) is 26.9 Å². The van der Waals surface area contributed by atoms with E-state index in [1.54, 1.807) is 0 Å². The molecule has 1 fully saturated rings. The highest BCUT2D eigenvalue weighted by atomic mass is 16.5. The number of alkyl carbamates (subject to hydrolysis) is 1. The number of methoxy groups -OCH3 is 1. The predicted octanol–water partition coefficient (Wildman–Crippen LogP) is 3.01. The molecule has 0 bridgehead atoms. The van der Waals surface area contributed by atoms with E-state index in [0.717, 1.165) is 22.3 Å². The topological polar surface area (TPSA) is 105 Å². The minimum Gasteiger partial charge on any atom is -0.480 e. The highest BCUT2D eigenvalue weighted by molar-refractivity contribution is 5.89. The molecule has 2 N–H and O–H groups in total. The van der Waals surface area contributed by atoms with Crippen molar-refractivity contribution < 1.29 is 29.0 Å². The first kappa shape index (κ1) is 22.8. The molecule has 2 unspecified atom stereocenters. The van der Waals surface area contributed by atoms with Crippen LogP contribution in [0.1, 0.15) is 36.3 Å². The normalized spacial score (nSPS) is 17.8. The van der Waals surface area contributed by atoms with Gasteiger partial charge in [-0.25, -0.2) is 9.59 Å². The quantitative estimate of drug-likeness (QED) is 0.638. The number of nitrogens with zero attached hydrogens (tertiary/aromatic N) is 1. The lowest BCUT2D eigenvalue weighted by Crippen LogP contribution is -2.52. The van der Waals surface area contributed by atoms with Crippen LogP contribution in [0.3, 0.4) is 0 Å². The molecule has 2 aromatic carbocycles. The Morgan fingerprint density at radius 3 is 2.33 bits per heavy atom. The maximum Gasteiger partial charge on any atom is 0.407 e. The summed E-state index contributed by atoms with van der Waals surface area (Å²) in [4.78, 5) is 38.5. The molecule has 1 aliphatic carbocycles. The van der Waals surface area contributed by atoms with Gasteiger partial charge in [-0.05, 0) is 35.1 Å². The molecular weight excluding hydrogens is 424 g/mol. The number of carboxylic acid groups (broad SMARTS) is 1. The fourth-order valence-corrected chi connectivity index (χ4v) is 4.76. The second-order valence-electron chi connectivity index (χ2n) is 8.33. The summed E-state index contributed by atoms with van der Waals surface area (Å²) in [5, 5.41) is 12.0. The van der Waals surface area contributed by atoms with Gasteiger partial charge in [0.2, 0.25) is 5.91 Å². The molecule has 174 valence electrons. The van der Waals surface area contributed by atoms with E-state index in [1.807, 2.05) is 36.4 Å². The van der Waals surface area contributed by atoms with Crippen molar-refractivity contribution in [3.63, 3.8) is 0 Å². The van der Waals surface area contributed by atoms with Crippen molar-refractivity contribution in [3.05, 3.63) is 59.7 Å². The van der Waals surface area contributed by atoms with Crippen LogP contribution in [0.4, 0.5) is 4.79 Å². The molecule has 4 rings (SSSR count). The number of carbonyl (C=O) groups is 3. The monoisotopic (exact) mass is 452 g/mol. The fraction of sp³-hybridized carbons (Fsp3) is 0.400. The minimum atomic E-state index is -1.03. The van der Waals surface area contributed by atoms with E-state index in [4.69, 9.17) is 9.47 Å². The van der Waals surface area contributed by atoms with Crippen LogP contribution in [0.15, 0.2) is 48.5 Å². The number of hydrogen-bond acceptors (Lipinski definition) is 5. The smallest absolute Gasteiger partial charge is 0.407 e. The van der Waals surface area contributed by atoms with Gasteiger partial charge in [-0.15, -0.1) is 0 Å². The molecule has 1 aliphatic heterocycles. The van der Waals surface area contributed by atoms with Crippen LogP contribution in [-0.4, -0.2) is 66.9 Å². The zero-order valence-electron chi connectivity index (χ0n) is 18.5. The van der Waals surface area contributed by atoms with Gasteiger partial charge in [0.05, 0.1) is 0 Å². The van der Waals surface area contributed by atoms with Gasteiger partial charge >= 0.3 is 12.1 Å². The number of carboxylic acids is 1. The summed E-state index contributed by atoms with van der Waals surface area (Å²) >= 11 is 0. The van der Waals surface area contributed by atoms with Crippen molar-refractivity contribution in [2.24, 2.45) is 0 Å². The van der Waals surface area contributed by atoms with Crippen molar-refractivity contribution in [1.29, 1.82) is 0 Å². The average Bonchev–Trinajstić information content (AvgIpc) is 3.43. The summed E-state index contributed by atoms with van der Waals surface area (Å²) in [7, 11) is 1.50. The van der Waals surface area contributed by atoms with Gasteiger partial charge in [-0.3, -0.25) is 4.79 Å². The van der Waals surface area contributed by atoms with E-state index in [2.05, 4.69) is 17.4 Å². The molecular formula is C25H28N2O6. The van der Waals surface area contributed by atoms with Crippen LogP contribution in [-0.2, 0) is 19.1 Å². The van der Waals surface area contributed by atoms with E-state index in [9.17, 15) is 19.5 Å². The molecule has 1 heterocycles. The molecule has 2 aromatic rings. The van der Waals surface area contributed by atoms with Crippen LogP contribution in [0.2, 0.25) is 0 Å². The van der Waals surface area contributed by atoms with Crippen molar-refractivity contribution in [2.45, 2.75) is 37.3 Å². The second-order valence-corrected chi connectivity index (χ2v) is 8.33.